The number of carbonyl (C=O) groups excluding carboxylic acids is 3. The number of hydrogen-bond donors (Lipinski definition) is 1. The van der Waals surface area contributed by atoms with Crippen LogP contribution in [0.2, 0.25) is 10.0 Å². The van der Waals surface area contributed by atoms with E-state index in [0.717, 1.165) is 6.42 Å². The Hall–Kier alpha value is -1.85. The van der Waals surface area contributed by atoms with Crippen molar-refractivity contribution in [2.75, 3.05) is 11.9 Å². The molecule has 0 radical (unpaired) electrons. The van der Waals surface area contributed by atoms with Crippen molar-refractivity contribution in [1.82, 2.24) is 4.90 Å². The summed E-state index contributed by atoms with van der Waals surface area (Å²) in [4.78, 5) is 38.5. The van der Waals surface area contributed by atoms with Crippen molar-refractivity contribution in [1.29, 1.82) is 0 Å². The predicted octanol–water partition coefficient (Wildman–Crippen LogP) is 3.13. The van der Waals surface area contributed by atoms with Gasteiger partial charge in [0, 0.05) is 18.7 Å². The first-order valence-electron chi connectivity index (χ1n) is 8.24. The molecule has 1 aromatic carbocycles. The summed E-state index contributed by atoms with van der Waals surface area (Å²) in [6.07, 6.45) is 5.06. The maximum absolute atomic E-state index is 12.5. The molecule has 0 unspecified atom stereocenters. The number of imide groups is 1. The average Bonchev–Trinajstić information content (AvgIpc) is 3.24. The number of allylic oxidation sites excluding steroid dienone is 2. The van der Waals surface area contributed by atoms with E-state index in [1.807, 2.05) is 0 Å². The van der Waals surface area contributed by atoms with Crippen LogP contribution >= 0.6 is 23.2 Å². The van der Waals surface area contributed by atoms with Crippen molar-refractivity contribution in [3.63, 3.8) is 0 Å². The highest BCUT2D eigenvalue weighted by Crippen LogP contribution is 2.52. The van der Waals surface area contributed by atoms with Crippen LogP contribution < -0.4 is 5.32 Å². The summed E-state index contributed by atoms with van der Waals surface area (Å²) in [5.41, 5.74) is 0.526. The molecular formula is C18H16Cl2N2O3. The molecule has 4 rings (SSSR count). The minimum atomic E-state index is -0.280. The smallest absolute Gasteiger partial charge is 0.233 e. The summed E-state index contributed by atoms with van der Waals surface area (Å²) in [5, 5.41) is 3.45. The molecule has 0 aromatic heterocycles. The van der Waals surface area contributed by atoms with Gasteiger partial charge < -0.3 is 5.32 Å². The second kappa shape index (κ2) is 6.15. The van der Waals surface area contributed by atoms with Gasteiger partial charge in [0.25, 0.3) is 0 Å². The number of likely N-dealkylation sites (tertiary alicyclic amines) is 1. The van der Waals surface area contributed by atoms with Crippen LogP contribution in [0.4, 0.5) is 5.69 Å². The zero-order chi connectivity index (χ0) is 17.7. The number of hydrogen-bond acceptors (Lipinski definition) is 3. The van der Waals surface area contributed by atoms with Crippen LogP contribution in [-0.4, -0.2) is 29.2 Å². The minimum Gasteiger partial charge on any atom is -0.326 e. The van der Waals surface area contributed by atoms with E-state index in [4.69, 9.17) is 23.2 Å². The quantitative estimate of drug-likeness (QED) is 0.646. The SMILES string of the molecule is O=C(CCN1C(=O)[C@H]2[C@H](C1=O)[C@H]1C=C[C@H]2C1)Nc1ccc(Cl)c(Cl)c1. The van der Waals surface area contributed by atoms with Crippen LogP contribution in [0.15, 0.2) is 30.4 Å². The zero-order valence-electron chi connectivity index (χ0n) is 13.2. The monoisotopic (exact) mass is 378 g/mol. The Morgan fingerprint density at radius 1 is 1.08 bits per heavy atom. The van der Waals surface area contributed by atoms with Crippen molar-refractivity contribution in [3.05, 3.63) is 40.4 Å². The molecule has 2 aliphatic carbocycles. The Bertz CT molecular complexity index is 778. The fourth-order valence-electron chi connectivity index (χ4n) is 4.20. The van der Waals surface area contributed by atoms with Gasteiger partial charge in [0.15, 0.2) is 0 Å². The highest BCUT2D eigenvalue weighted by atomic mass is 35.5. The molecule has 7 heteroatoms. The molecule has 1 saturated carbocycles. The third-order valence-corrected chi connectivity index (χ3v) is 6.07. The average molecular weight is 379 g/mol. The number of amides is 3. The maximum atomic E-state index is 12.5. The van der Waals surface area contributed by atoms with E-state index in [2.05, 4.69) is 17.5 Å². The summed E-state index contributed by atoms with van der Waals surface area (Å²) in [6, 6.07) is 4.80. The summed E-state index contributed by atoms with van der Waals surface area (Å²) in [6.45, 7) is 0.108. The Morgan fingerprint density at radius 2 is 1.72 bits per heavy atom. The number of anilines is 1. The van der Waals surface area contributed by atoms with Gasteiger partial charge in [-0.2, -0.15) is 0 Å². The zero-order valence-corrected chi connectivity index (χ0v) is 14.8. The Kier molecular flexibility index (Phi) is 4.08. The lowest BCUT2D eigenvalue weighted by atomic mass is 9.85. The summed E-state index contributed by atoms with van der Waals surface area (Å²) < 4.78 is 0. The van der Waals surface area contributed by atoms with Crippen molar-refractivity contribution in [2.24, 2.45) is 23.7 Å². The molecule has 3 amide bonds. The number of nitrogens with one attached hydrogen (secondary N) is 1. The molecule has 130 valence electrons. The lowest BCUT2D eigenvalue weighted by Crippen LogP contribution is -2.35. The van der Waals surface area contributed by atoms with Crippen LogP contribution in [0, 0.1) is 23.7 Å². The molecule has 1 heterocycles. The molecular weight excluding hydrogens is 363 g/mol. The number of carbonyl (C=O) groups is 3. The van der Waals surface area contributed by atoms with Gasteiger partial charge >= 0.3 is 0 Å². The van der Waals surface area contributed by atoms with Crippen LogP contribution in [0.25, 0.3) is 0 Å². The Balaban J connectivity index is 1.37. The van der Waals surface area contributed by atoms with Gasteiger partial charge in [0.2, 0.25) is 17.7 Å². The largest absolute Gasteiger partial charge is 0.326 e. The molecule has 3 aliphatic rings. The van der Waals surface area contributed by atoms with Crippen LogP contribution in [0.1, 0.15) is 12.8 Å². The third-order valence-electron chi connectivity index (χ3n) is 5.33. The third kappa shape index (κ3) is 2.75. The minimum absolute atomic E-state index is 0.0555. The highest BCUT2D eigenvalue weighted by molar-refractivity contribution is 6.42. The van der Waals surface area contributed by atoms with Gasteiger partial charge in [-0.05, 0) is 36.5 Å². The molecule has 4 atom stereocenters. The molecule has 5 nitrogen and oxygen atoms in total. The second-order valence-electron chi connectivity index (χ2n) is 6.76. The molecule has 2 bridgehead atoms. The van der Waals surface area contributed by atoms with Crippen LogP contribution in [0.5, 0.6) is 0 Å². The number of fused-ring (bicyclic) bond motifs is 5. The number of rotatable bonds is 4. The van der Waals surface area contributed by atoms with Gasteiger partial charge in [-0.3, -0.25) is 19.3 Å². The normalized spacial score (nSPS) is 29.4. The lowest BCUT2D eigenvalue weighted by Gasteiger charge is -2.17. The number of benzene rings is 1. The van der Waals surface area contributed by atoms with E-state index in [1.54, 1.807) is 18.2 Å². The van der Waals surface area contributed by atoms with Crippen LogP contribution in [0.3, 0.4) is 0 Å². The van der Waals surface area contributed by atoms with E-state index in [0.29, 0.717) is 15.7 Å². The molecule has 1 aromatic rings. The fraction of sp³-hybridized carbons (Fsp3) is 0.389. The molecule has 1 saturated heterocycles. The maximum Gasteiger partial charge on any atom is 0.233 e. The fourth-order valence-corrected chi connectivity index (χ4v) is 4.49. The van der Waals surface area contributed by atoms with Crippen LogP contribution in [-0.2, 0) is 14.4 Å². The van der Waals surface area contributed by atoms with E-state index in [1.165, 1.54) is 4.90 Å². The van der Waals surface area contributed by atoms with Gasteiger partial charge in [-0.1, -0.05) is 35.4 Å². The topological polar surface area (TPSA) is 66.5 Å². The molecule has 25 heavy (non-hydrogen) atoms. The molecule has 0 spiro atoms. The summed E-state index contributed by atoms with van der Waals surface area (Å²) in [7, 11) is 0. The van der Waals surface area contributed by atoms with Gasteiger partial charge in [-0.15, -0.1) is 0 Å². The predicted molar refractivity (Wildman–Crippen MR) is 94.1 cm³/mol. The van der Waals surface area contributed by atoms with E-state index < -0.39 is 0 Å². The number of halogens is 2. The van der Waals surface area contributed by atoms with E-state index >= 15 is 0 Å². The van der Waals surface area contributed by atoms with Crippen molar-refractivity contribution < 1.29 is 14.4 Å². The van der Waals surface area contributed by atoms with Crippen molar-refractivity contribution in [2.45, 2.75) is 12.8 Å². The highest BCUT2D eigenvalue weighted by Gasteiger charge is 2.58. The van der Waals surface area contributed by atoms with Crippen molar-refractivity contribution in [3.8, 4) is 0 Å². The second-order valence-corrected chi connectivity index (χ2v) is 7.57. The van der Waals surface area contributed by atoms with Gasteiger partial charge in [0.1, 0.15) is 0 Å². The van der Waals surface area contributed by atoms with E-state index in [-0.39, 0.29) is 54.4 Å². The Morgan fingerprint density at radius 3 is 2.32 bits per heavy atom. The number of nitrogens with zero attached hydrogens (tertiary/aromatic N) is 1. The first-order chi connectivity index (χ1) is 12.0. The first-order valence-corrected chi connectivity index (χ1v) is 9.00. The Labute approximate surface area is 155 Å². The molecule has 1 N–H and O–H groups in total. The molecule has 1 aliphatic heterocycles. The standard InChI is InChI=1S/C18H16Cl2N2O3/c19-12-4-3-11(8-13(12)20)21-14(23)5-6-22-17(24)15-9-1-2-10(7-9)16(15)18(22)25/h1-4,8-10,15-16H,5-7H2,(H,21,23)/t9-,10-,15+,16+/m0/s1. The van der Waals surface area contributed by atoms with Crippen molar-refractivity contribution >= 4 is 46.6 Å². The van der Waals surface area contributed by atoms with Gasteiger partial charge in [0.05, 0.1) is 21.9 Å². The summed E-state index contributed by atoms with van der Waals surface area (Å²) in [5.74, 6) is -0.621. The lowest BCUT2D eigenvalue weighted by molar-refractivity contribution is -0.140. The first kappa shape index (κ1) is 16.6. The van der Waals surface area contributed by atoms with Gasteiger partial charge in [-0.25, -0.2) is 0 Å². The summed E-state index contributed by atoms with van der Waals surface area (Å²) >= 11 is 11.8. The molecule has 2 fully saturated rings. The van der Waals surface area contributed by atoms with E-state index in [9.17, 15) is 14.4 Å².